The van der Waals surface area contributed by atoms with Crippen LogP contribution in [-0.4, -0.2) is 44.3 Å². The molecule has 1 fully saturated rings. The molecule has 0 unspecified atom stereocenters. The van der Waals surface area contributed by atoms with Crippen LogP contribution in [0.3, 0.4) is 0 Å². The van der Waals surface area contributed by atoms with Crippen LogP contribution >= 0.6 is 0 Å². The highest BCUT2D eigenvalue weighted by atomic mass is 32.2. The van der Waals surface area contributed by atoms with Crippen molar-refractivity contribution >= 4 is 10.0 Å². The van der Waals surface area contributed by atoms with Crippen molar-refractivity contribution in [2.45, 2.75) is 30.7 Å². The van der Waals surface area contributed by atoms with Crippen LogP contribution in [0.4, 0.5) is 0 Å². The second-order valence-corrected chi connectivity index (χ2v) is 8.59. The highest BCUT2D eigenvalue weighted by Gasteiger charge is 2.35. The standard InChI is InChI=1S/C20H26N2O2S/c1-3-7-17-10-12-19(13-11-17)25(23,24)22-15-14-21(2)16-20(22)18-8-5-4-6-9-18/h4-6,8-13,20H,3,7,14-16H2,1-2H3/t20-/m0/s1. The molecule has 1 aliphatic rings. The Hall–Kier alpha value is -1.69. The summed E-state index contributed by atoms with van der Waals surface area (Å²) >= 11 is 0. The van der Waals surface area contributed by atoms with Gasteiger partial charge in [-0.05, 0) is 36.7 Å². The Morgan fingerprint density at radius 1 is 1.00 bits per heavy atom. The second kappa shape index (κ2) is 7.68. The number of benzene rings is 2. The number of hydrogen-bond acceptors (Lipinski definition) is 3. The molecule has 2 aromatic carbocycles. The molecule has 0 N–H and O–H groups in total. The van der Waals surface area contributed by atoms with Crippen LogP contribution in [-0.2, 0) is 16.4 Å². The van der Waals surface area contributed by atoms with E-state index in [0.29, 0.717) is 18.0 Å². The third-order valence-corrected chi connectivity index (χ3v) is 6.71. The Balaban J connectivity index is 1.93. The molecule has 4 nitrogen and oxygen atoms in total. The van der Waals surface area contributed by atoms with Crippen molar-refractivity contribution in [3.8, 4) is 0 Å². The molecule has 25 heavy (non-hydrogen) atoms. The monoisotopic (exact) mass is 358 g/mol. The molecule has 0 radical (unpaired) electrons. The molecule has 1 saturated heterocycles. The quantitative estimate of drug-likeness (QED) is 0.823. The van der Waals surface area contributed by atoms with Gasteiger partial charge in [-0.25, -0.2) is 8.42 Å². The highest BCUT2D eigenvalue weighted by molar-refractivity contribution is 7.89. The van der Waals surface area contributed by atoms with E-state index in [9.17, 15) is 8.42 Å². The smallest absolute Gasteiger partial charge is 0.243 e. The molecule has 5 heteroatoms. The van der Waals surface area contributed by atoms with Gasteiger partial charge in [-0.1, -0.05) is 55.8 Å². The van der Waals surface area contributed by atoms with E-state index >= 15 is 0 Å². The first-order valence-corrected chi connectivity index (χ1v) is 10.3. The fraction of sp³-hybridized carbons (Fsp3) is 0.400. The van der Waals surface area contributed by atoms with E-state index < -0.39 is 10.0 Å². The van der Waals surface area contributed by atoms with E-state index in [0.717, 1.165) is 24.9 Å². The lowest BCUT2D eigenvalue weighted by Crippen LogP contribution is -2.49. The van der Waals surface area contributed by atoms with E-state index in [-0.39, 0.29) is 6.04 Å². The molecule has 2 aromatic rings. The first-order valence-electron chi connectivity index (χ1n) is 8.86. The summed E-state index contributed by atoms with van der Waals surface area (Å²) in [4.78, 5) is 2.58. The number of piperazine rings is 1. The lowest BCUT2D eigenvalue weighted by Gasteiger charge is -2.39. The van der Waals surface area contributed by atoms with Gasteiger partial charge in [-0.2, -0.15) is 4.31 Å². The number of sulfonamides is 1. The number of nitrogens with zero attached hydrogens (tertiary/aromatic N) is 2. The van der Waals surface area contributed by atoms with Gasteiger partial charge < -0.3 is 4.90 Å². The number of aryl methyl sites for hydroxylation is 1. The van der Waals surface area contributed by atoms with Crippen molar-refractivity contribution in [2.24, 2.45) is 0 Å². The van der Waals surface area contributed by atoms with E-state index in [1.807, 2.05) is 49.5 Å². The first kappa shape index (κ1) is 18.1. The molecular formula is C20H26N2O2S. The predicted molar refractivity (Wildman–Crippen MR) is 101 cm³/mol. The van der Waals surface area contributed by atoms with Gasteiger partial charge in [0.2, 0.25) is 10.0 Å². The molecule has 0 aromatic heterocycles. The van der Waals surface area contributed by atoms with Crippen molar-refractivity contribution in [1.82, 2.24) is 9.21 Å². The van der Waals surface area contributed by atoms with Crippen molar-refractivity contribution < 1.29 is 8.42 Å². The van der Waals surface area contributed by atoms with Gasteiger partial charge in [0.25, 0.3) is 0 Å². The molecule has 0 saturated carbocycles. The lowest BCUT2D eigenvalue weighted by molar-refractivity contribution is 0.160. The summed E-state index contributed by atoms with van der Waals surface area (Å²) in [5.74, 6) is 0. The van der Waals surface area contributed by atoms with Gasteiger partial charge in [0.1, 0.15) is 0 Å². The van der Waals surface area contributed by atoms with Gasteiger partial charge in [0.15, 0.2) is 0 Å². The average molecular weight is 359 g/mol. The summed E-state index contributed by atoms with van der Waals surface area (Å²) in [5, 5.41) is 0. The normalized spacial score (nSPS) is 19.8. The molecule has 1 atom stereocenters. The Bertz CT molecular complexity index is 788. The first-order chi connectivity index (χ1) is 12.0. The summed E-state index contributed by atoms with van der Waals surface area (Å²) in [6.07, 6.45) is 2.03. The van der Waals surface area contributed by atoms with Crippen LogP contribution in [0, 0.1) is 0 Å². The van der Waals surface area contributed by atoms with Crippen LogP contribution < -0.4 is 0 Å². The minimum absolute atomic E-state index is 0.153. The number of rotatable bonds is 5. The summed E-state index contributed by atoms with van der Waals surface area (Å²) in [5.41, 5.74) is 2.22. The van der Waals surface area contributed by atoms with Gasteiger partial charge in [-0.3, -0.25) is 0 Å². The maximum atomic E-state index is 13.3. The summed E-state index contributed by atoms with van der Waals surface area (Å²) in [6, 6.07) is 17.1. The molecule has 134 valence electrons. The Labute approximate surface area is 151 Å². The molecule has 0 aliphatic carbocycles. The number of likely N-dealkylation sites (N-methyl/N-ethyl adjacent to an activating group) is 1. The fourth-order valence-electron chi connectivity index (χ4n) is 3.39. The van der Waals surface area contributed by atoms with Crippen LogP contribution in [0.1, 0.15) is 30.5 Å². The lowest BCUT2D eigenvalue weighted by atomic mass is 10.1. The fourth-order valence-corrected chi connectivity index (χ4v) is 4.99. The van der Waals surface area contributed by atoms with Gasteiger partial charge >= 0.3 is 0 Å². The zero-order valence-electron chi connectivity index (χ0n) is 14.9. The zero-order valence-corrected chi connectivity index (χ0v) is 15.7. The van der Waals surface area contributed by atoms with Crippen molar-refractivity contribution in [1.29, 1.82) is 0 Å². The van der Waals surface area contributed by atoms with E-state index in [1.54, 1.807) is 16.4 Å². The Morgan fingerprint density at radius 3 is 2.32 bits per heavy atom. The molecule has 0 bridgehead atoms. The third kappa shape index (κ3) is 3.94. The molecular weight excluding hydrogens is 332 g/mol. The van der Waals surface area contributed by atoms with Gasteiger partial charge in [0.05, 0.1) is 10.9 Å². The van der Waals surface area contributed by atoms with Crippen LogP contribution in [0.2, 0.25) is 0 Å². The highest BCUT2D eigenvalue weighted by Crippen LogP contribution is 2.30. The third-order valence-electron chi connectivity index (χ3n) is 4.79. The number of hydrogen-bond donors (Lipinski definition) is 0. The van der Waals surface area contributed by atoms with E-state index in [4.69, 9.17) is 0 Å². The van der Waals surface area contributed by atoms with Crippen molar-refractivity contribution in [3.63, 3.8) is 0 Å². The maximum Gasteiger partial charge on any atom is 0.243 e. The van der Waals surface area contributed by atoms with Crippen LogP contribution in [0.5, 0.6) is 0 Å². The molecule has 3 rings (SSSR count). The second-order valence-electron chi connectivity index (χ2n) is 6.70. The molecule has 1 heterocycles. The molecule has 0 spiro atoms. The summed E-state index contributed by atoms with van der Waals surface area (Å²) in [7, 11) is -1.47. The van der Waals surface area contributed by atoms with Crippen LogP contribution in [0.15, 0.2) is 59.5 Å². The minimum Gasteiger partial charge on any atom is -0.303 e. The summed E-state index contributed by atoms with van der Waals surface area (Å²) < 4.78 is 28.2. The predicted octanol–water partition coefficient (Wildman–Crippen LogP) is 3.32. The Morgan fingerprint density at radius 2 is 1.68 bits per heavy atom. The molecule has 1 aliphatic heterocycles. The zero-order chi connectivity index (χ0) is 17.9. The van der Waals surface area contributed by atoms with Crippen molar-refractivity contribution in [2.75, 3.05) is 26.7 Å². The Kier molecular flexibility index (Phi) is 5.57. The SMILES string of the molecule is CCCc1ccc(S(=O)(=O)N2CCN(C)C[C@H]2c2ccccc2)cc1. The van der Waals surface area contributed by atoms with E-state index in [2.05, 4.69) is 11.8 Å². The topological polar surface area (TPSA) is 40.6 Å². The van der Waals surface area contributed by atoms with Crippen molar-refractivity contribution in [3.05, 3.63) is 65.7 Å². The average Bonchev–Trinajstić information content (AvgIpc) is 2.63. The maximum absolute atomic E-state index is 13.3. The van der Waals surface area contributed by atoms with Gasteiger partial charge in [0, 0.05) is 19.6 Å². The molecule has 0 amide bonds. The minimum atomic E-state index is -3.51. The van der Waals surface area contributed by atoms with E-state index in [1.165, 1.54) is 5.56 Å². The van der Waals surface area contributed by atoms with Gasteiger partial charge in [-0.15, -0.1) is 0 Å². The summed E-state index contributed by atoms with van der Waals surface area (Å²) in [6.45, 7) is 4.09. The van der Waals surface area contributed by atoms with Crippen LogP contribution in [0.25, 0.3) is 0 Å². The largest absolute Gasteiger partial charge is 0.303 e.